The molecule has 4 heterocycles. The molecular weight excluding hydrogens is 322 g/mol. The van der Waals surface area contributed by atoms with Crippen LogP contribution >= 0.6 is 11.8 Å². The zero-order valence-corrected chi connectivity index (χ0v) is 14.4. The molecular formula is C18H19N3O2S. The molecule has 3 aliphatic rings. The second-order valence-corrected chi connectivity index (χ2v) is 7.71. The molecule has 5 nitrogen and oxygen atoms in total. The highest BCUT2D eigenvalue weighted by Gasteiger charge is 2.52. The number of H-pyrrole nitrogens is 1. The molecule has 2 fully saturated rings. The number of amides is 2. The normalized spacial score (nSPS) is 25.4. The van der Waals surface area contributed by atoms with Gasteiger partial charge in [-0.15, -0.1) is 0 Å². The van der Waals surface area contributed by atoms with Gasteiger partial charge in [0.1, 0.15) is 17.9 Å². The van der Waals surface area contributed by atoms with E-state index in [0.29, 0.717) is 6.42 Å². The van der Waals surface area contributed by atoms with Crippen molar-refractivity contribution >= 4 is 40.3 Å². The molecule has 1 aromatic heterocycles. The average Bonchev–Trinajstić information content (AvgIpc) is 3.26. The lowest BCUT2D eigenvalue weighted by Gasteiger charge is -2.38. The molecule has 0 spiro atoms. The van der Waals surface area contributed by atoms with Gasteiger partial charge >= 0.3 is 0 Å². The summed E-state index contributed by atoms with van der Waals surface area (Å²) in [6.07, 6.45) is 4.45. The fourth-order valence-electron chi connectivity index (χ4n) is 4.60. The molecule has 0 radical (unpaired) electrons. The van der Waals surface area contributed by atoms with Gasteiger partial charge in [0.2, 0.25) is 5.91 Å². The number of anilines is 1. The van der Waals surface area contributed by atoms with Crippen LogP contribution in [0.15, 0.2) is 18.2 Å². The Labute approximate surface area is 144 Å². The predicted molar refractivity (Wildman–Crippen MR) is 95.2 cm³/mol. The molecule has 0 bridgehead atoms. The van der Waals surface area contributed by atoms with Gasteiger partial charge in [-0.25, -0.2) is 0 Å². The quantitative estimate of drug-likeness (QED) is 0.912. The number of benzene rings is 1. The summed E-state index contributed by atoms with van der Waals surface area (Å²) in [4.78, 5) is 32.8. The number of nitrogens with one attached hydrogen (secondary N) is 1. The van der Waals surface area contributed by atoms with E-state index in [4.69, 9.17) is 0 Å². The van der Waals surface area contributed by atoms with Crippen molar-refractivity contribution in [3.05, 3.63) is 29.3 Å². The van der Waals surface area contributed by atoms with Crippen molar-refractivity contribution in [1.29, 1.82) is 0 Å². The number of hydrogen-bond donors (Lipinski definition) is 1. The van der Waals surface area contributed by atoms with Crippen LogP contribution in [0.1, 0.15) is 24.0 Å². The van der Waals surface area contributed by atoms with E-state index in [1.807, 2.05) is 0 Å². The summed E-state index contributed by atoms with van der Waals surface area (Å²) < 4.78 is 0. The predicted octanol–water partition coefficient (Wildman–Crippen LogP) is 2.29. The first-order chi connectivity index (χ1) is 11.7. The summed E-state index contributed by atoms with van der Waals surface area (Å²) in [5.74, 6) is 2.00. The van der Waals surface area contributed by atoms with E-state index >= 15 is 0 Å². The Morgan fingerprint density at radius 2 is 2.12 bits per heavy atom. The third kappa shape index (κ3) is 1.72. The number of aromatic nitrogens is 1. The minimum Gasteiger partial charge on any atom is -0.341 e. The molecule has 2 atom stereocenters. The first kappa shape index (κ1) is 14.4. The standard InChI is InChI=1S/C18H19N3O2S/c1-24-9-10-4-2-5-12-15(10)11-8-14-17(22)20-7-3-6-13(20)18(23)21(14)16(11)19-12/h2,4-5,13-14,19H,3,6-9H2,1H3/t13-,14-/m0/s1. The number of carbonyl (C=O) groups excluding carboxylic acids is 2. The molecule has 3 aliphatic heterocycles. The number of nitrogens with zero attached hydrogens (tertiary/aromatic N) is 2. The summed E-state index contributed by atoms with van der Waals surface area (Å²) in [5.41, 5.74) is 3.49. The molecule has 0 unspecified atom stereocenters. The molecule has 24 heavy (non-hydrogen) atoms. The average molecular weight is 341 g/mol. The summed E-state index contributed by atoms with van der Waals surface area (Å²) in [6, 6.07) is 5.66. The molecule has 0 saturated carbocycles. The smallest absolute Gasteiger partial charge is 0.251 e. The van der Waals surface area contributed by atoms with Gasteiger partial charge in [-0.05, 0) is 30.7 Å². The zero-order chi connectivity index (χ0) is 16.4. The number of fused-ring (bicyclic) bond motifs is 6. The second kappa shape index (κ2) is 5.02. The Kier molecular flexibility index (Phi) is 3.01. The number of rotatable bonds is 2. The summed E-state index contributed by atoms with van der Waals surface area (Å²) in [7, 11) is 0. The number of aromatic amines is 1. The van der Waals surface area contributed by atoms with E-state index in [2.05, 4.69) is 29.4 Å². The van der Waals surface area contributed by atoms with E-state index in [0.717, 1.165) is 42.0 Å². The van der Waals surface area contributed by atoms with Crippen molar-refractivity contribution < 1.29 is 9.59 Å². The topological polar surface area (TPSA) is 56.4 Å². The summed E-state index contributed by atoms with van der Waals surface area (Å²) in [5, 5.41) is 1.21. The maximum atomic E-state index is 13.0. The monoisotopic (exact) mass is 341 g/mol. The molecule has 6 heteroatoms. The zero-order valence-electron chi connectivity index (χ0n) is 13.5. The van der Waals surface area contributed by atoms with E-state index < -0.39 is 0 Å². The van der Waals surface area contributed by atoms with Crippen LogP contribution in [0.4, 0.5) is 5.82 Å². The molecule has 0 aliphatic carbocycles. The third-order valence-electron chi connectivity index (χ3n) is 5.58. The van der Waals surface area contributed by atoms with Crippen LogP contribution in [-0.4, -0.2) is 46.6 Å². The van der Waals surface area contributed by atoms with Gasteiger partial charge in [0.05, 0.1) is 0 Å². The highest BCUT2D eigenvalue weighted by Crippen LogP contribution is 2.43. The molecule has 2 amide bonds. The van der Waals surface area contributed by atoms with Crippen LogP contribution in [0.25, 0.3) is 10.9 Å². The van der Waals surface area contributed by atoms with Gasteiger partial charge in [-0.1, -0.05) is 12.1 Å². The lowest BCUT2D eigenvalue weighted by atomic mass is 10.0. The van der Waals surface area contributed by atoms with Crippen molar-refractivity contribution in [3.8, 4) is 0 Å². The van der Waals surface area contributed by atoms with Crippen molar-refractivity contribution in [3.63, 3.8) is 0 Å². The first-order valence-electron chi connectivity index (χ1n) is 8.45. The number of piperazine rings is 1. The fourth-order valence-corrected chi connectivity index (χ4v) is 5.15. The van der Waals surface area contributed by atoms with Gasteiger partial charge < -0.3 is 9.88 Å². The lowest BCUT2D eigenvalue weighted by molar-refractivity contribution is -0.143. The largest absolute Gasteiger partial charge is 0.341 e. The fraction of sp³-hybridized carbons (Fsp3) is 0.444. The van der Waals surface area contributed by atoms with Gasteiger partial charge in [0.25, 0.3) is 5.91 Å². The van der Waals surface area contributed by atoms with E-state index in [-0.39, 0.29) is 23.9 Å². The molecule has 5 rings (SSSR count). The molecule has 2 saturated heterocycles. The Morgan fingerprint density at radius 1 is 1.25 bits per heavy atom. The highest BCUT2D eigenvalue weighted by molar-refractivity contribution is 7.97. The van der Waals surface area contributed by atoms with Crippen LogP contribution in [0.5, 0.6) is 0 Å². The molecule has 2 aromatic rings. The number of hydrogen-bond acceptors (Lipinski definition) is 3. The van der Waals surface area contributed by atoms with E-state index in [9.17, 15) is 9.59 Å². The van der Waals surface area contributed by atoms with Crippen molar-refractivity contribution in [2.75, 3.05) is 17.7 Å². The third-order valence-corrected chi connectivity index (χ3v) is 6.18. The highest BCUT2D eigenvalue weighted by atomic mass is 32.2. The van der Waals surface area contributed by atoms with Crippen molar-refractivity contribution in [2.24, 2.45) is 0 Å². The molecule has 124 valence electrons. The van der Waals surface area contributed by atoms with Gasteiger partial charge in [-0.3, -0.25) is 14.5 Å². The number of thioether (sulfide) groups is 1. The molecule has 1 N–H and O–H groups in total. The van der Waals surface area contributed by atoms with E-state index in [1.54, 1.807) is 21.6 Å². The minimum absolute atomic E-state index is 0.0915. The maximum absolute atomic E-state index is 13.0. The SMILES string of the molecule is CSCc1cccc2[nH]c3c(c12)C[C@H]1C(=O)N2CCC[C@H]2C(=O)N31. The molecule has 1 aromatic carbocycles. The van der Waals surface area contributed by atoms with Crippen LogP contribution in [0.3, 0.4) is 0 Å². The first-order valence-corrected chi connectivity index (χ1v) is 9.85. The Hall–Kier alpha value is -1.95. The second-order valence-electron chi connectivity index (χ2n) is 6.84. The Morgan fingerprint density at radius 3 is 2.96 bits per heavy atom. The van der Waals surface area contributed by atoms with Gasteiger partial charge in [-0.2, -0.15) is 11.8 Å². The minimum atomic E-state index is -0.347. The van der Waals surface area contributed by atoms with Gasteiger partial charge in [0, 0.05) is 35.2 Å². The Balaban J connectivity index is 1.67. The van der Waals surface area contributed by atoms with Gasteiger partial charge in [0.15, 0.2) is 0 Å². The lowest BCUT2D eigenvalue weighted by Crippen LogP contribution is -2.62. The van der Waals surface area contributed by atoms with E-state index in [1.165, 1.54) is 10.9 Å². The van der Waals surface area contributed by atoms with Crippen molar-refractivity contribution in [2.45, 2.75) is 37.1 Å². The Bertz CT molecular complexity index is 875. The van der Waals surface area contributed by atoms with Crippen LogP contribution in [0, 0.1) is 0 Å². The van der Waals surface area contributed by atoms with Crippen LogP contribution in [-0.2, 0) is 21.8 Å². The maximum Gasteiger partial charge on any atom is 0.251 e. The van der Waals surface area contributed by atoms with Crippen LogP contribution < -0.4 is 4.90 Å². The van der Waals surface area contributed by atoms with Crippen LogP contribution in [0.2, 0.25) is 0 Å². The summed E-state index contributed by atoms with van der Waals surface area (Å²) in [6.45, 7) is 0.728. The van der Waals surface area contributed by atoms with Crippen molar-refractivity contribution in [1.82, 2.24) is 9.88 Å². The summed E-state index contributed by atoms with van der Waals surface area (Å²) >= 11 is 1.79. The number of carbonyl (C=O) groups is 2.